The van der Waals surface area contributed by atoms with Gasteiger partial charge in [0.15, 0.2) is 11.3 Å². The number of carbonyl (C=O) groups excluding carboxylic acids is 1. The molecule has 3 rings (SSSR count). The lowest BCUT2D eigenvalue weighted by molar-refractivity contribution is -0.139. The largest absolute Gasteiger partial charge is 0.493 e. The first-order chi connectivity index (χ1) is 13.2. The Morgan fingerprint density at radius 3 is 2.71 bits per heavy atom. The van der Waals surface area contributed by atoms with Crippen molar-refractivity contribution in [2.24, 2.45) is 0 Å². The number of methoxy groups -OCH3 is 1. The Kier molecular flexibility index (Phi) is 5.17. The van der Waals surface area contributed by atoms with E-state index >= 15 is 0 Å². The number of benzene rings is 1. The minimum atomic E-state index is -4.78. The summed E-state index contributed by atoms with van der Waals surface area (Å²) < 4.78 is 50.1. The maximum atomic E-state index is 12.8. The van der Waals surface area contributed by atoms with Gasteiger partial charge in [0.05, 0.1) is 13.2 Å². The molecule has 1 unspecified atom stereocenters. The van der Waals surface area contributed by atoms with Gasteiger partial charge in [-0.1, -0.05) is 12.1 Å². The van der Waals surface area contributed by atoms with E-state index in [4.69, 9.17) is 9.15 Å². The van der Waals surface area contributed by atoms with Gasteiger partial charge in [-0.3, -0.25) is 9.59 Å². The molecule has 0 bridgehead atoms. The highest BCUT2D eigenvalue weighted by molar-refractivity contribution is 5.84. The zero-order valence-electron chi connectivity index (χ0n) is 15.0. The lowest BCUT2D eigenvalue weighted by atomic mass is 10.2. The molecule has 0 saturated carbocycles. The van der Waals surface area contributed by atoms with Gasteiger partial charge in [0.1, 0.15) is 17.9 Å². The predicted octanol–water partition coefficient (Wildman–Crippen LogP) is 3.50. The molecule has 0 aliphatic rings. The van der Waals surface area contributed by atoms with Crippen molar-refractivity contribution in [3.63, 3.8) is 0 Å². The molecule has 1 N–H and O–H groups in total. The Hall–Kier alpha value is -3.23. The summed E-state index contributed by atoms with van der Waals surface area (Å²) in [5.74, 6) is 0.364. The number of carbonyl (C=O) groups is 1. The number of furan rings is 1. The summed E-state index contributed by atoms with van der Waals surface area (Å²) in [5.41, 5.74) is -2.07. The second-order valence-corrected chi connectivity index (χ2v) is 6.17. The molecule has 3 aromatic rings. The molecule has 1 amide bonds. The minimum Gasteiger partial charge on any atom is -0.493 e. The average Bonchev–Trinajstić information content (AvgIpc) is 3.06. The normalized spacial score (nSPS) is 12.8. The molecule has 148 valence electrons. The van der Waals surface area contributed by atoms with Crippen LogP contribution in [0.4, 0.5) is 13.2 Å². The van der Waals surface area contributed by atoms with Crippen LogP contribution in [0.5, 0.6) is 5.75 Å². The number of hydrogen-bond acceptors (Lipinski definition) is 4. The van der Waals surface area contributed by atoms with E-state index in [0.717, 1.165) is 17.6 Å². The summed E-state index contributed by atoms with van der Waals surface area (Å²) in [6.45, 7) is 1.12. The van der Waals surface area contributed by atoms with Crippen LogP contribution < -0.4 is 15.6 Å². The molecule has 0 aliphatic carbocycles. The van der Waals surface area contributed by atoms with Crippen LogP contribution >= 0.6 is 0 Å². The van der Waals surface area contributed by atoms with Crippen molar-refractivity contribution in [3.8, 4) is 5.75 Å². The summed E-state index contributed by atoms with van der Waals surface area (Å²) >= 11 is 0. The molecular weight excluding hydrogens is 377 g/mol. The van der Waals surface area contributed by atoms with Crippen LogP contribution in [0.3, 0.4) is 0 Å². The van der Waals surface area contributed by atoms with Gasteiger partial charge in [-0.15, -0.1) is 0 Å². The Bertz CT molecular complexity index is 1070. The number of halogens is 3. The van der Waals surface area contributed by atoms with Crippen LogP contribution in [0.1, 0.15) is 24.3 Å². The lowest BCUT2D eigenvalue weighted by Crippen LogP contribution is -2.35. The molecule has 2 heterocycles. The van der Waals surface area contributed by atoms with Gasteiger partial charge < -0.3 is 19.0 Å². The van der Waals surface area contributed by atoms with Crippen LogP contribution in [0, 0.1) is 0 Å². The number of aromatic nitrogens is 1. The zero-order chi connectivity index (χ0) is 20.5. The van der Waals surface area contributed by atoms with Gasteiger partial charge in [0.25, 0.3) is 5.56 Å². The van der Waals surface area contributed by atoms with Crippen molar-refractivity contribution in [2.75, 3.05) is 7.11 Å². The smallest absolute Gasteiger partial charge is 0.421 e. The Morgan fingerprint density at radius 1 is 1.29 bits per heavy atom. The van der Waals surface area contributed by atoms with Crippen molar-refractivity contribution < 1.29 is 27.1 Å². The highest BCUT2D eigenvalue weighted by Gasteiger charge is 2.34. The summed E-state index contributed by atoms with van der Waals surface area (Å²) in [7, 11) is 1.51. The third kappa shape index (κ3) is 3.88. The molecule has 0 radical (unpaired) electrons. The van der Waals surface area contributed by atoms with Gasteiger partial charge in [-0.25, -0.2) is 0 Å². The molecule has 28 heavy (non-hydrogen) atoms. The topological polar surface area (TPSA) is 73.5 Å². The van der Waals surface area contributed by atoms with Crippen molar-refractivity contribution in [3.05, 3.63) is 64.3 Å². The maximum absolute atomic E-state index is 12.8. The Balaban J connectivity index is 1.76. The van der Waals surface area contributed by atoms with Crippen LogP contribution in [0.25, 0.3) is 11.0 Å². The highest BCUT2D eigenvalue weighted by atomic mass is 19.4. The molecule has 1 atom stereocenters. The van der Waals surface area contributed by atoms with E-state index < -0.39 is 35.8 Å². The van der Waals surface area contributed by atoms with E-state index in [-0.39, 0.29) is 0 Å². The van der Waals surface area contributed by atoms with Crippen molar-refractivity contribution in [2.45, 2.75) is 25.7 Å². The van der Waals surface area contributed by atoms with E-state index in [1.165, 1.54) is 7.11 Å². The fourth-order valence-electron chi connectivity index (χ4n) is 2.82. The van der Waals surface area contributed by atoms with Crippen LogP contribution in [-0.4, -0.2) is 17.6 Å². The highest BCUT2D eigenvalue weighted by Crippen LogP contribution is 2.31. The fourth-order valence-corrected chi connectivity index (χ4v) is 2.82. The van der Waals surface area contributed by atoms with Gasteiger partial charge in [-0.05, 0) is 31.2 Å². The van der Waals surface area contributed by atoms with E-state index in [1.807, 2.05) is 6.07 Å². The van der Waals surface area contributed by atoms with E-state index in [1.54, 1.807) is 25.1 Å². The number of hydrogen-bond donors (Lipinski definition) is 1. The predicted molar refractivity (Wildman–Crippen MR) is 95.0 cm³/mol. The molecule has 0 fully saturated rings. The molecule has 9 heteroatoms. The first-order valence-corrected chi connectivity index (χ1v) is 8.33. The Morgan fingerprint density at radius 2 is 2.04 bits per heavy atom. The molecule has 1 aromatic carbocycles. The van der Waals surface area contributed by atoms with E-state index in [0.29, 0.717) is 27.7 Å². The number of rotatable bonds is 5. The number of amides is 1. The fraction of sp³-hybridized carbons (Fsp3) is 0.263. The van der Waals surface area contributed by atoms with E-state index in [9.17, 15) is 22.8 Å². The number of pyridine rings is 1. The van der Waals surface area contributed by atoms with Crippen LogP contribution in [0.2, 0.25) is 0 Å². The summed E-state index contributed by atoms with van der Waals surface area (Å²) in [6, 6.07) is 8.28. The van der Waals surface area contributed by atoms with Gasteiger partial charge in [0.2, 0.25) is 5.91 Å². The molecule has 2 aromatic heterocycles. The molecule has 0 spiro atoms. The van der Waals surface area contributed by atoms with E-state index in [2.05, 4.69) is 5.32 Å². The number of ether oxygens (including phenoxy) is 1. The molecule has 6 nitrogen and oxygen atoms in total. The Labute approximate surface area is 157 Å². The standard InChI is InChI=1S/C19H17F3N2O4/c1-11(15-9-12-5-3-7-14(27-2)17(12)28-15)23-16(25)10-24-8-4-6-13(18(24)26)19(20,21)22/h3-9,11H,10H2,1-2H3,(H,23,25). The second-order valence-electron chi connectivity index (χ2n) is 6.17. The summed E-state index contributed by atoms with van der Waals surface area (Å²) in [4.78, 5) is 24.2. The van der Waals surface area contributed by atoms with Crippen LogP contribution in [0.15, 0.2) is 51.8 Å². The number of alkyl halides is 3. The SMILES string of the molecule is COc1cccc2cc(C(C)NC(=O)Cn3cccc(C(F)(F)F)c3=O)oc12. The summed E-state index contributed by atoms with van der Waals surface area (Å²) in [5, 5.41) is 3.40. The van der Waals surface area contributed by atoms with Crippen molar-refractivity contribution in [1.29, 1.82) is 0 Å². The minimum absolute atomic E-state index is 0.448. The molecule has 0 saturated heterocycles. The van der Waals surface area contributed by atoms with Crippen LogP contribution in [-0.2, 0) is 17.5 Å². The van der Waals surface area contributed by atoms with Gasteiger partial charge in [0, 0.05) is 11.6 Å². The maximum Gasteiger partial charge on any atom is 0.421 e. The molecule has 0 aliphatic heterocycles. The van der Waals surface area contributed by atoms with Gasteiger partial charge >= 0.3 is 6.18 Å². The number of nitrogens with one attached hydrogen (secondary N) is 1. The first-order valence-electron chi connectivity index (χ1n) is 8.33. The number of fused-ring (bicyclic) bond motifs is 1. The number of para-hydroxylation sites is 1. The monoisotopic (exact) mass is 394 g/mol. The zero-order valence-corrected chi connectivity index (χ0v) is 15.0. The van der Waals surface area contributed by atoms with Crippen molar-refractivity contribution >= 4 is 16.9 Å². The third-order valence-electron chi connectivity index (χ3n) is 4.19. The van der Waals surface area contributed by atoms with Gasteiger partial charge in [-0.2, -0.15) is 13.2 Å². The summed E-state index contributed by atoms with van der Waals surface area (Å²) in [6.07, 6.45) is -3.65. The molecular formula is C19H17F3N2O4. The van der Waals surface area contributed by atoms with Crippen molar-refractivity contribution in [1.82, 2.24) is 9.88 Å². The average molecular weight is 394 g/mol. The third-order valence-corrected chi connectivity index (χ3v) is 4.19. The quantitative estimate of drug-likeness (QED) is 0.719. The lowest BCUT2D eigenvalue weighted by Gasteiger charge is -2.13. The number of nitrogens with zero attached hydrogens (tertiary/aromatic N) is 1. The second kappa shape index (κ2) is 7.41. The first kappa shape index (κ1) is 19.5.